The molecule has 0 bridgehead atoms. The predicted octanol–water partition coefficient (Wildman–Crippen LogP) is 1.84. The van der Waals surface area contributed by atoms with Gasteiger partial charge >= 0.3 is 0 Å². The molecule has 1 fully saturated rings. The molecule has 8 heteroatoms. The zero-order chi connectivity index (χ0) is 18.0. The lowest BCUT2D eigenvalue weighted by atomic mass is 10.1. The molecule has 7 nitrogen and oxygen atoms in total. The Bertz CT molecular complexity index is 777. The van der Waals surface area contributed by atoms with E-state index in [-0.39, 0.29) is 5.91 Å². The second kappa shape index (κ2) is 7.63. The highest BCUT2D eigenvalue weighted by atomic mass is 32.1. The maximum Gasteiger partial charge on any atom is 0.264 e. The van der Waals surface area contributed by atoms with Crippen LogP contribution in [0.3, 0.4) is 0 Å². The molecule has 2 aromatic rings. The van der Waals surface area contributed by atoms with Gasteiger partial charge in [-0.05, 0) is 38.4 Å². The van der Waals surface area contributed by atoms with Gasteiger partial charge in [-0.1, -0.05) is 0 Å². The third kappa shape index (κ3) is 3.47. The molecule has 1 amide bonds. The SMILES string of the molecule is CNCC1CCN(C(=O)c2sc3nc(COC)nc(OC)c3c2C)C1. The first kappa shape index (κ1) is 18.0. The predicted molar refractivity (Wildman–Crippen MR) is 97.4 cm³/mol. The number of hydrogen-bond acceptors (Lipinski definition) is 7. The molecule has 1 unspecified atom stereocenters. The second-order valence-corrected chi connectivity index (χ2v) is 7.28. The number of rotatable bonds is 6. The Morgan fingerprint density at radius 2 is 2.20 bits per heavy atom. The van der Waals surface area contributed by atoms with Crippen molar-refractivity contribution in [2.45, 2.75) is 20.0 Å². The second-order valence-electron chi connectivity index (χ2n) is 6.28. The van der Waals surface area contributed by atoms with Crippen LogP contribution in [0.5, 0.6) is 5.88 Å². The minimum Gasteiger partial charge on any atom is -0.480 e. The van der Waals surface area contributed by atoms with Crippen LogP contribution in [0.4, 0.5) is 0 Å². The molecule has 3 rings (SSSR count). The lowest BCUT2D eigenvalue weighted by molar-refractivity contribution is 0.0791. The van der Waals surface area contributed by atoms with Crippen molar-refractivity contribution in [3.63, 3.8) is 0 Å². The van der Waals surface area contributed by atoms with Crippen molar-refractivity contribution in [2.24, 2.45) is 5.92 Å². The van der Waals surface area contributed by atoms with E-state index in [0.29, 0.717) is 24.2 Å². The number of thiophene rings is 1. The molecular weight excluding hydrogens is 340 g/mol. The maximum atomic E-state index is 13.0. The number of ether oxygens (including phenoxy) is 2. The topological polar surface area (TPSA) is 76.6 Å². The molecule has 1 aliphatic rings. The van der Waals surface area contributed by atoms with E-state index in [0.717, 1.165) is 46.7 Å². The van der Waals surface area contributed by atoms with Crippen LogP contribution in [0, 0.1) is 12.8 Å². The molecule has 25 heavy (non-hydrogen) atoms. The van der Waals surface area contributed by atoms with E-state index >= 15 is 0 Å². The normalized spacial score (nSPS) is 17.4. The Labute approximate surface area is 151 Å². The number of likely N-dealkylation sites (tertiary alicyclic amines) is 1. The summed E-state index contributed by atoms with van der Waals surface area (Å²) in [5.41, 5.74) is 0.892. The number of aryl methyl sites for hydroxylation is 1. The molecule has 0 radical (unpaired) electrons. The van der Waals surface area contributed by atoms with Crippen LogP contribution < -0.4 is 10.1 Å². The number of carbonyl (C=O) groups excluding carboxylic acids is 1. The first-order chi connectivity index (χ1) is 12.1. The van der Waals surface area contributed by atoms with Crippen LogP contribution >= 0.6 is 11.3 Å². The van der Waals surface area contributed by atoms with Crippen molar-refractivity contribution in [2.75, 3.05) is 40.9 Å². The highest BCUT2D eigenvalue weighted by molar-refractivity contribution is 7.20. The van der Waals surface area contributed by atoms with E-state index in [1.165, 1.54) is 11.3 Å². The fourth-order valence-corrected chi connectivity index (χ4v) is 4.46. The molecule has 1 aliphatic heterocycles. The molecule has 1 N–H and O–H groups in total. The Morgan fingerprint density at radius 3 is 2.88 bits per heavy atom. The minimum atomic E-state index is 0.0782. The summed E-state index contributed by atoms with van der Waals surface area (Å²) in [6.07, 6.45) is 1.04. The van der Waals surface area contributed by atoms with E-state index in [4.69, 9.17) is 9.47 Å². The van der Waals surface area contributed by atoms with E-state index in [2.05, 4.69) is 15.3 Å². The molecule has 2 aromatic heterocycles. The van der Waals surface area contributed by atoms with Crippen LogP contribution in [0.1, 0.15) is 27.5 Å². The number of fused-ring (bicyclic) bond motifs is 1. The van der Waals surface area contributed by atoms with Gasteiger partial charge in [0.1, 0.15) is 11.4 Å². The van der Waals surface area contributed by atoms with Gasteiger partial charge in [-0.3, -0.25) is 4.79 Å². The summed E-state index contributed by atoms with van der Waals surface area (Å²) >= 11 is 1.41. The van der Waals surface area contributed by atoms with Crippen LogP contribution in [-0.2, 0) is 11.3 Å². The van der Waals surface area contributed by atoms with Gasteiger partial charge in [0.2, 0.25) is 5.88 Å². The zero-order valence-corrected chi connectivity index (χ0v) is 15.9. The molecule has 136 valence electrons. The van der Waals surface area contributed by atoms with E-state index in [9.17, 15) is 4.79 Å². The average molecular weight is 364 g/mol. The Kier molecular flexibility index (Phi) is 5.51. The number of aromatic nitrogens is 2. The molecule has 0 saturated carbocycles. The third-order valence-electron chi connectivity index (χ3n) is 4.53. The lowest BCUT2D eigenvalue weighted by Gasteiger charge is -2.16. The monoisotopic (exact) mass is 364 g/mol. The van der Waals surface area contributed by atoms with Crippen molar-refractivity contribution in [3.05, 3.63) is 16.3 Å². The number of carbonyl (C=O) groups is 1. The van der Waals surface area contributed by atoms with Gasteiger partial charge in [0.05, 0.1) is 17.4 Å². The molecule has 0 spiro atoms. The van der Waals surface area contributed by atoms with Gasteiger partial charge < -0.3 is 19.7 Å². The van der Waals surface area contributed by atoms with E-state index in [1.54, 1.807) is 14.2 Å². The molecule has 0 aromatic carbocycles. The quantitative estimate of drug-likeness (QED) is 0.843. The Hall–Kier alpha value is -1.77. The first-order valence-electron chi connectivity index (χ1n) is 8.35. The highest BCUT2D eigenvalue weighted by Crippen LogP contribution is 2.36. The van der Waals surface area contributed by atoms with Crippen molar-refractivity contribution >= 4 is 27.5 Å². The fraction of sp³-hybridized carbons (Fsp3) is 0.588. The smallest absolute Gasteiger partial charge is 0.264 e. The largest absolute Gasteiger partial charge is 0.480 e. The van der Waals surface area contributed by atoms with Gasteiger partial charge in [-0.2, -0.15) is 4.98 Å². The first-order valence-corrected chi connectivity index (χ1v) is 9.17. The number of amides is 1. The fourth-order valence-electron chi connectivity index (χ4n) is 3.31. The molecule has 1 saturated heterocycles. The summed E-state index contributed by atoms with van der Waals surface area (Å²) in [4.78, 5) is 25.4. The Morgan fingerprint density at radius 1 is 1.40 bits per heavy atom. The summed E-state index contributed by atoms with van der Waals surface area (Å²) in [5, 5.41) is 4.01. The van der Waals surface area contributed by atoms with Crippen molar-refractivity contribution < 1.29 is 14.3 Å². The summed E-state index contributed by atoms with van der Waals surface area (Å²) in [7, 11) is 5.13. The van der Waals surface area contributed by atoms with E-state index in [1.807, 2.05) is 18.9 Å². The summed E-state index contributed by atoms with van der Waals surface area (Å²) in [5.74, 6) is 1.66. The molecule has 3 heterocycles. The van der Waals surface area contributed by atoms with Gasteiger partial charge in [0.15, 0.2) is 5.82 Å². The number of hydrogen-bond donors (Lipinski definition) is 1. The van der Waals surface area contributed by atoms with Gasteiger partial charge in [0, 0.05) is 20.2 Å². The summed E-state index contributed by atoms with van der Waals surface area (Å²) in [6, 6.07) is 0. The van der Waals surface area contributed by atoms with Crippen molar-refractivity contribution in [1.29, 1.82) is 0 Å². The van der Waals surface area contributed by atoms with Gasteiger partial charge in [-0.25, -0.2) is 4.98 Å². The minimum absolute atomic E-state index is 0.0782. The average Bonchev–Trinajstić information content (AvgIpc) is 3.19. The number of nitrogens with one attached hydrogen (secondary N) is 1. The summed E-state index contributed by atoms with van der Waals surface area (Å²) < 4.78 is 10.5. The van der Waals surface area contributed by atoms with Gasteiger partial charge in [0.25, 0.3) is 5.91 Å². The zero-order valence-electron chi connectivity index (χ0n) is 15.1. The van der Waals surface area contributed by atoms with Crippen LogP contribution in [0.2, 0.25) is 0 Å². The van der Waals surface area contributed by atoms with Crippen LogP contribution in [0.25, 0.3) is 10.2 Å². The van der Waals surface area contributed by atoms with Crippen LogP contribution in [-0.4, -0.2) is 61.7 Å². The standard InChI is InChI=1S/C17H24N4O3S/c1-10-13-15(24-4)19-12(9-23-3)20-16(13)25-14(10)17(22)21-6-5-11(8-21)7-18-2/h11,18H,5-9H2,1-4H3. The van der Waals surface area contributed by atoms with E-state index < -0.39 is 0 Å². The maximum absolute atomic E-state index is 13.0. The molecular formula is C17H24N4O3S. The van der Waals surface area contributed by atoms with Crippen molar-refractivity contribution in [1.82, 2.24) is 20.2 Å². The number of nitrogens with zero attached hydrogens (tertiary/aromatic N) is 3. The third-order valence-corrected chi connectivity index (χ3v) is 5.70. The highest BCUT2D eigenvalue weighted by Gasteiger charge is 2.30. The van der Waals surface area contributed by atoms with Crippen LogP contribution in [0.15, 0.2) is 0 Å². The lowest BCUT2D eigenvalue weighted by Crippen LogP contribution is -2.30. The summed E-state index contributed by atoms with van der Waals surface area (Å²) in [6.45, 7) is 4.79. The van der Waals surface area contributed by atoms with Crippen molar-refractivity contribution in [3.8, 4) is 5.88 Å². The van der Waals surface area contributed by atoms with Gasteiger partial charge in [-0.15, -0.1) is 11.3 Å². The number of methoxy groups -OCH3 is 2. The molecule has 1 atom stereocenters. The Balaban J connectivity index is 1.94. The molecule has 0 aliphatic carbocycles.